The van der Waals surface area contributed by atoms with Gasteiger partial charge in [-0.2, -0.15) is 0 Å². The van der Waals surface area contributed by atoms with Crippen molar-refractivity contribution in [2.75, 3.05) is 47.5 Å². The number of hydrogen-bond donors (Lipinski definition) is 0. The van der Waals surface area contributed by atoms with Gasteiger partial charge in [-0.15, -0.1) is 0 Å². The summed E-state index contributed by atoms with van der Waals surface area (Å²) in [7, 11) is 1.17. The standard InChI is InChI=1S/C83H150NO8P/c1-6-8-10-12-14-16-18-20-22-24-26-28-30-32-34-36-38-40-42-44-46-48-50-52-54-56-58-60-62-64-66-68-70-72-74-76-83(86)92-81(80-91-93(87,88)90-78-77-84(3,4)5)79-89-82(85)75-73-71-69-67-65-63-61-59-57-55-53-51-49-47-45-43-41-39-37-35-33-31-29-27-25-23-21-19-17-15-13-11-9-7-2/h8,10,14,16,20,22,26,28,32,34,38,40,44,46,50,52,81H,6-7,9,11-13,15,17-19,21,23-25,27,29-31,33,35-37,39,41-43,45,47-49,51,53-80H2,1-5H3/b10-8-,16-14-,22-20-,28-26-,34-32-,40-38-,46-44-,52-50-. The lowest BCUT2D eigenvalue weighted by atomic mass is 10.0. The van der Waals surface area contributed by atoms with E-state index in [1.54, 1.807) is 0 Å². The van der Waals surface area contributed by atoms with Crippen molar-refractivity contribution in [2.45, 2.75) is 373 Å². The van der Waals surface area contributed by atoms with Gasteiger partial charge in [0.2, 0.25) is 0 Å². The number of phosphoric ester groups is 1. The van der Waals surface area contributed by atoms with Crippen molar-refractivity contribution >= 4 is 19.8 Å². The maximum Gasteiger partial charge on any atom is 0.306 e. The molecule has 0 bridgehead atoms. The Morgan fingerprint density at radius 1 is 0.344 bits per heavy atom. The van der Waals surface area contributed by atoms with Gasteiger partial charge < -0.3 is 27.9 Å². The number of ether oxygens (including phenoxy) is 2. The van der Waals surface area contributed by atoms with Gasteiger partial charge in [-0.25, -0.2) is 0 Å². The van der Waals surface area contributed by atoms with Gasteiger partial charge in [0.1, 0.15) is 19.8 Å². The lowest BCUT2D eigenvalue weighted by molar-refractivity contribution is -0.870. The Morgan fingerprint density at radius 2 is 0.613 bits per heavy atom. The number of likely N-dealkylation sites (N-methyl/N-ethyl adjacent to an activating group) is 1. The first-order chi connectivity index (χ1) is 45.5. The van der Waals surface area contributed by atoms with Crippen LogP contribution < -0.4 is 4.89 Å². The fourth-order valence-electron chi connectivity index (χ4n) is 11.4. The Hall–Kier alpha value is -3.07. The first kappa shape index (κ1) is 89.9. The minimum absolute atomic E-state index is 0.0337. The van der Waals surface area contributed by atoms with Gasteiger partial charge in [-0.3, -0.25) is 14.2 Å². The first-order valence-corrected chi connectivity index (χ1v) is 40.9. The number of carbonyl (C=O) groups is 2. The highest BCUT2D eigenvalue weighted by Gasteiger charge is 2.22. The van der Waals surface area contributed by atoms with Crippen molar-refractivity contribution in [3.63, 3.8) is 0 Å². The van der Waals surface area contributed by atoms with Crippen LogP contribution in [0.15, 0.2) is 97.2 Å². The van der Waals surface area contributed by atoms with Crippen LogP contribution in [0.3, 0.4) is 0 Å². The van der Waals surface area contributed by atoms with Crippen molar-refractivity contribution in [2.24, 2.45) is 0 Å². The van der Waals surface area contributed by atoms with E-state index in [1.165, 1.54) is 238 Å². The summed E-state index contributed by atoms with van der Waals surface area (Å²) in [6.07, 6.45) is 102. The molecule has 0 amide bonds. The zero-order chi connectivity index (χ0) is 67.6. The van der Waals surface area contributed by atoms with E-state index in [0.717, 1.165) is 96.3 Å². The van der Waals surface area contributed by atoms with Crippen LogP contribution >= 0.6 is 7.82 Å². The number of esters is 2. The van der Waals surface area contributed by atoms with Crippen LogP contribution in [-0.4, -0.2) is 70.0 Å². The van der Waals surface area contributed by atoms with E-state index in [4.69, 9.17) is 18.5 Å². The predicted octanol–water partition coefficient (Wildman–Crippen LogP) is 25.6. The SMILES string of the molecule is CC/C=C\C/C=C\C/C=C\C/C=C\C/C=C\C/C=C\C/C=C\C/C=C\CCCCCCCCCCCCC(=O)OC(COC(=O)CCCCCCCCCCCCCCCCCCCCCCCCCCCCCCCCCCCC)COP(=O)([O-])OCC[N+](C)(C)C. The van der Waals surface area contributed by atoms with Gasteiger partial charge in [0.25, 0.3) is 7.82 Å². The number of hydrogen-bond acceptors (Lipinski definition) is 8. The molecule has 0 spiro atoms. The molecular formula is C83H150NO8P. The summed E-state index contributed by atoms with van der Waals surface area (Å²) >= 11 is 0. The molecule has 0 radical (unpaired) electrons. The maximum atomic E-state index is 12.9. The highest BCUT2D eigenvalue weighted by molar-refractivity contribution is 7.45. The second-order valence-corrected chi connectivity index (χ2v) is 29.1. The van der Waals surface area contributed by atoms with Crippen molar-refractivity contribution in [1.82, 2.24) is 0 Å². The highest BCUT2D eigenvalue weighted by atomic mass is 31.2. The third-order valence-corrected chi connectivity index (χ3v) is 18.3. The number of rotatable bonds is 73. The zero-order valence-electron chi connectivity index (χ0n) is 61.7. The smallest absolute Gasteiger partial charge is 0.306 e. The van der Waals surface area contributed by atoms with Gasteiger partial charge in [-0.1, -0.05) is 374 Å². The molecule has 0 N–H and O–H groups in total. The summed E-state index contributed by atoms with van der Waals surface area (Å²) < 4.78 is 34.4. The van der Waals surface area contributed by atoms with E-state index in [1.807, 2.05) is 21.1 Å². The zero-order valence-corrected chi connectivity index (χ0v) is 62.6. The molecule has 93 heavy (non-hydrogen) atoms. The average Bonchev–Trinajstić information content (AvgIpc) is 2.44. The monoisotopic (exact) mass is 1320 g/mol. The van der Waals surface area contributed by atoms with Gasteiger partial charge in [0, 0.05) is 12.8 Å². The van der Waals surface area contributed by atoms with Crippen LogP contribution in [0.4, 0.5) is 0 Å². The lowest BCUT2D eigenvalue weighted by Crippen LogP contribution is -2.37. The molecule has 0 saturated heterocycles. The Bertz CT molecular complexity index is 1890. The molecule has 540 valence electrons. The molecule has 0 aliphatic heterocycles. The van der Waals surface area contributed by atoms with E-state index >= 15 is 0 Å². The minimum Gasteiger partial charge on any atom is -0.756 e. The van der Waals surface area contributed by atoms with E-state index in [0.29, 0.717) is 17.4 Å². The molecule has 0 aromatic carbocycles. The van der Waals surface area contributed by atoms with Gasteiger partial charge in [0.15, 0.2) is 6.10 Å². The van der Waals surface area contributed by atoms with Crippen LogP contribution in [0.1, 0.15) is 367 Å². The fourth-order valence-corrected chi connectivity index (χ4v) is 12.1. The van der Waals surface area contributed by atoms with Crippen molar-refractivity contribution < 1.29 is 42.1 Å². The van der Waals surface area contributed by atoms with Crippen molar-refractivity contribution in [1.29, 1.82) is 0 Å². The largest absolute Gasteiger partial charge is 0.756 e. The van der Waals surface area contributed by atoms with Crippen LogP contribution in [-0.2, 0) is 32.7 Å². The number of phosphoric acid groups is 1. The molecule has 0 aliphatic carbocycles. The molecule has 0 aliphatic rings. The first-order valence-electron chi connectivity index (χ1n) is 39.4. The van der Waals surface area contributed by atoms with Crippen molar-refractivity contribution in [3.8, 4) is 0 Å². The molecule has 10 heteroatoms. The van der Waals surface area contributed by atoms with Crippen LogP contribution in [0.5, 0.6) is 0 Å². The molecular weight excluding hydrogens is 1170 g/mol. The van der Waals surface area contributed by atoms with Crippen LogP contribution in [0, 0.1) is 0 Å². The fraction of sp³-hybridized carbons (Fsp3) is 0.783. The molecule has 9 nitrogen and oxygen atoms in total. The van der Waals surface area contributed by atoms with E-state index < -0.39 is 26.5 Å². The Kier molecular flexibility index (Phi) is 70.8. The topological polar surface area (TPSA) is 111 Å². The maximum absolute atomic E-state index is 12.9. The second kappa shape index (κ2) is 73.2. The highest BCUT2D eigenvalue weighted by Crippen LogP contribution is 2.38. The molecule has 0 saturated carbocycles. The molecule has 0 aromatic rings. The van der Waals surface area contributed by atoms with E-state index in [9.17, 15) is 19.0 Å². The number of carbonyl (C=O) groups excluding carboxylic acids is 2. The van der Waals surface area contributed by atoms with Crippen molar-refractivity contribution in [3.05, 3.63) is 97.2 Å². The average molecular weight is 1320 g/mol. The summed E-state index contributed by atoms with van der Waals surface area (Å²) in [6.45, 7) is 4.17. The number of nitrogens with zero attached hydrogens (tertiary/aromatic N) is 1. The summed E-state index contributed by atoms with van der Waals surface area (Å²) in [6, 6.07) is 0. The van der Waals surface area contributed by atoms with Gasteiger partial charge >= 0.3 is 11.9 Å². The number of quaternary nitrogens is 1. The summed E-state index contributed by atoms with van der Waals surface area (Å²) in [5.41, 5.74) is 0. The summed E-state index contributed by atoms with van der Waals surface area (Å²) in [4.78, 5) is 38.2. The van der Waals surface area contributed by atoms with E-state index in [-0.39, 0.29) is 32.0 Å². The quantitative estimate of drug-likeness (QED) is 0.0195. The Labute approximate surface area is 576 Å². The third-order valence-electron chi connectivity index (χ3n) is 17.4. The molecule has 0 fully saturated rings. The van der Waals surface area contributed by atoms with Crippen LogP contribution in [0.2, 0.25) is 0 Å². The predicted molar refractivity (Wildman–Crippen MR) is 402 cm³/mol. The van der Waals surface area contributed by atoms with Gasteiger partial charge in [0.05, 0.1) is 27.7 Å². The van der Waals surface area contributed by atoms with E-state index in [2.05, 4.69) is 111 Å². The number of unbranched alkanes of at least 4 members (excludes halogenated alkanes) is 43. The molecule has 2 unspecified atom stereocenters. The molecule has 0 heterocycles. The Morgan fingerprint density at radius 3 is 0.914 bits per heavy atom. The Balaban J connectivity index is 3.99. The lowest BCUT2D eigenvalue weighted by Gasteiger charge is -2.28. The summed E-state index contributed by atoms with van der Waals surface area (Å²) in [5, 5.41) is 0. The summed E-state index contributed by atoms with van der Waals surface area (Å²) in [5.74, 6) is -0.826. The molecule has 0 aromatic heterocycles. The van der Waals surface area contributed by atoms with Gasteiger partial charge in [-0.05, 0) is 77.0 Å². The second-order valence-electron chi connectivity index (χ2n) is 27.7. The third kappa shape index (κ3) is 77.8. The minimum atomic E-state index is -4.65. The normalized spacial score (nSPS) is 13.6. The molecule has 0 rings (SSSR count). The number of allylic oxidation sites excluding steroid dienone is 16. The molecule has 2 atom stereocenters. The van der Waals surface area contributed by atoms with Crippen LogP contribution in [0.25, 0.3) is 0 Å².